The van der Waals surface area contributed by atoms with Crippen LogP contribution in [0, 0.1) is 6.92 Å². The SMILES string of the molecule is Cc1cccc(N2C(=O)CC(c3ccccc3C(F)(F)F)C3=C2COC3=O)c1. The van der Waals surface area contributed by atoms with Crippen molar-refractivity contribution in [2.75, 3.05) is 11.5 Å². The highest BCUT2D eigenvalue weighted by Gasteiger charge is 2.45. The maximum absolute atomic E-state index is 13.5. The van der Waals surface area contributed by atoms with Gasteiger partial charge in [0.05, 0.1) is 16.8 Å². The molecule has 0 saturated heterocycles. The Balaban J connectivity index is 1.88. The Bertz CT molecular complexity index is 1010. The highest BCUT2D eigenvalue weighted by atomic mass is 19.4. The molecule has 2 aromatic carbocycles. The number of alkyl halides is 3. The molecule has 4 nitrogen and oxygen atoms in total. The first-order chi connectivity index (χ1) is 13.3. The van der Waals surface area contributed by atoms with Crippen molar-refractivity contribution in [2.24, 2.45) is 0 Å². The van der Waals surface area contributed by atoms with Gasteiger partial charge in [0.15, 0.2) is 0 Å². The van der Waals surface area contributed by atoms with Gasteiger partial charge in [0.25, 0.3) is 0 Å². The number of hydrogen-bond donors (Lipinski definition) is 0. The maximum Gasteiger partial charge on any atom is 0.416 e. The molecule has 1 atom stereocenters. The molecule has 2 aliphatic rings. The lowest BCUT2D eigenvalue weighted by molar-refractivity contribution is -0.139. The lowest BCUT2D eigenvalue weighted by atomic mass is 9.82. The van der Waals surface area contributed by atoms with Crippen molar-refractivity contribution >= 4 is 17.6 Å². The van der Waals surface area contributed by atoms with Crippen LogP contribution in [-0.2, 0) is 20.5 Å². The van der Waals surface area contributed by atoms with Gasteiger partial charge in [0.2, 0.25) is 5.91 Å². The average Bonchev–Trinajstić information content (AvgIpc) is 3.02. The molecule has 7 heteroatoms. The predicted molar refractivity (Wildman–Crippen MR) is 95.5 cm³/mol. The van der Waals surface area contributed by atoms with Crippen LogP contribution in [0.15, 0.2) is 59.8 Å². The number of carbonyl (C=O) groups excluding carboxylic acids is 2. The summed E-state index contributed by atoms with van der Waals surface area (Å²) in [5, 5.41) is 0. The van der Waals surface area contributed by atoms with Crippen molar-refractivity contribution in [1.29, 1.82) is 0 Å². The molecule has 0 bridgehead atoms. The van der Waals surface area contributed by atoms with Crippen molar-refractivity contribution in [1.82, 2.24) is 0 Å². The minimum Gasteiger partial charge on any atom is -0.456 e. The fourth-order valence-electron chi connectivity index (χ4n) is 3.85. The lowest BCUT2D eigenvalue weighted by Crippen LogP contribution is -2.38. The summed E-state index contributed by atoms with van der Waals surface area (Å²) in [5.74, 6) is -2.04. The van der Waals surface area contributed by atoms with Crippen molar-refractivity contribution in [3.63, 3.8) is 0 Å². The second kappa shape index (κ2) is 6.51. The van der Waals surface area contributed by atoms with Crippen molar-refractivity contribution in [2.45, 2.75) is 25.4 Å². The van der Waals surface area contributed by atoms with E-state index in [0.717, 1.165) is 11.6 Å². The summed E-state index contributed by atoms with van der Waals surface area (Å²) in [4.78, 5) is 26.7. The molecule has 0 spiro atoms. The molecule has 4 rings (SSSR count). The Labute approximate surface area is 159 Å². The molecule has 1 amide bonds. The number of cyclic esters (lactones) is 1. The van der Waals surface area contributed by atoms with Crippen molar-refractivity contribution < 1.29 is 27.5 Å². The smallest absolute Gasteiger partial charge is 0.416 e. The third-order valence-corrected chi connectivity index (χ3v) is 5.02. The van der Waals surface area contributed by atoms with E-state index < -0.39 is 23.6 Å². The summed E-state index contributed by atoms with van der Waals surface area (Å²) < 4.78 is 45.6. The van der Waals surface area contributed by atoms with Gasteiger partial charge in [-0.3, -0.25) is 9.69 Å². The van der Waals surface area contributed by atoms with Gasteiger partial charge in [-0.05, 0) is 36.2 Å². The van der Waals surface area contributed by atoms with Gasteiger partial charge in [0.1, 0.15) is 6.61 Å². The summed E-state index contributed by atoms with van der Waals surface area (Å²) in [7, 11) is 0. The van der Waals surface area contributed by atoms with Gasteiger partial charge in [-0.25, -0.2) is 4.79 Å². The van der Waals surface area contributed by atoms with E-state index in [0.29, 0.717) is 11.4 Å². The minimum atomic E-state index is -4.59. The molecule has 2 aromatic rings. The summed E-state index contributed by atoms with van der Waals surface area (Å²) >= 11 is 0. The maximum atomic E-state index is 13.5. The largest absolute Gasteiger partial charge is 0.456 e. The Morgan fingerprint density at radius 1 is 1.07 bits per heavy atom. The molecule has 0 aromatic heterocycles. The number of benzene rings is 2. The Morgan fingerprint density at radius 3 is 2.54 bits per heavy atom. The van der Waals surface area contributed by atoms with Crippen LogP contribution < -0.4 is 4.90 Å². The molecular weight excluding hydrogens is 371 g/mol. The van der Waals surface area contributed by atoms with E-state index in [1.165, 1.54) is 23.1 Å². The number of rotatable bonds is 2. The lowest BCUT2D eigenvalue weighted by Gasteiger charge is -2.32. The van der Waals surface area contributed by atoms with Crippen molar-refractivity contribution in [3.8, 4) is 0 Å². The summed E-state index contributed by atoms with van der Waals surface area (Å²) in [6, 6.07) is 12.2. The summed E-state index contributed by atoms with van der Waals surface area (Å²) in [6.45, 7) is 1.73. The topological polar surface area (TPSA) is 46.6 Å². The van der Waals surface area contributed by atoms with Gasteiger partial charge < -0.3 is 4.74 Å². The van der Waals surface area contributed by atoms with Gasteiger partial charge in [-0.2, -0.15) is 13.2 Å². The molecule has 0 saturated carbocycles. The van der Waals surface area contributed by atoms with Crippen LogP contribution in [0.3, 0.4) is 0 Å². The number of halogens is 3. The number of amides is 1. The number of anilines is 1. The van der Waals surface area contributed by atoms with E-state index in [2.05, 4.69) is 0 Å². The first-order valence-electron chi connectivity index (χ1n) is 8.73. The van der Waals surface area contributed by atoms with Crippen LogP contribution in [-0.4, -0.2) is 18.5 Å². The van der Waals surface area contributed by atoms with Gasteiger partial charge in [-0.15, -0.1) is 0 Å². The molecule has 0 fully saturated rings. The molecule has 1 unspecified atom stereocenters. The fourth-order valence-corrected chi connectivity index (χ4v) is 3.85. The minimum absolute atomic E-state index is 0.0846. The van der Waals surface area contributed by atoms with Crippen molar-refractivity contribution in [3.05, 3.63) is 76.5 Å². The number of aryl methyl sites for hydroxylation is 1. The van der Waals surface area contributed by atoms with Crippen LogP contribution in [0.1, 0.15) is 29.0 Å². The van der Waals surface area contributed by atoms with E-state index in [4.69, 9.17) is 4.74 Å². The molecule has 0 N–H and O–H groups in total. The zero-order chi connectivity index (χ0) is 20.1. The molecular formula is C21H16F3NO3. The number of esters is 1. The van der Waals surface area contributed by atoms with Crippen LogP contribution in [0.2, 0.25) is 0 Å². The third-order valence-electron chi connectivity index (χ3n) is 5.02. The van der Waals surface area contributed by atoms with Gasteiger partial charge in [-0.1, -0.05) is 30.3 Å². The monoisotopic (exact) mass is 387 g/mol. The molecule has 2 heterocycles. The Morgan fingerprint density at radius 2 is 1.82 bits per heavy atom. The highest BCUT2D eigenvalue weighted by molar-refractivity contribution is 6.06. The second-order valence-corrected chi connectivity index (χ2v) is 6.85. The van der Waals surface area contributed by atoms with Gasteiger partial charge >= 0.3 is 12.1 Å². The molecule has 28 heavy (non-hydrogen) atoms. The highest BCUT2D eigenvalue weighted by Crippen LogP contribution is 2.45. The van der Waals surface area contributed by atoms with Crippen LogP contribution in [0.5, 0.6) is 0 Å². The zero-order valence-electron chi connectivity index (χ0n) is 14.9. The molecule has 144 valence electrons. The predicted octanol–water partition coefficient (Wildman–Crippen LogP) is 4.35. The van der Waals surface area contributed by atoms with E-state index in [1.54, 1.807) is 18.2 Å². The van der Waals surface area contributed by atoms with Crippen LogP contribution in [0.4, 0.5) is 18.9 Å². The molecule has 0 radical (unpaired) electrons. The van der Waals surface area contributed by atoms with Crippen LogP contribution in [0.25, 0.3) is 0 Å². The van der Waals surface area contributed by atoms with Gasteiger partial charge in [0, 0.05) is 18.0 Å². The Kier molecular flexibility index (Phi) is 4.25. The zero-order valence-corrected chi connectivity index (χ0v) is 14.9. The average molecular weight is 387 g/mol. The number of carbonyl (C=O) groups is 2. The normalized spacial score (nSPS) is 19.7. The molecule has 0 aliphatic carbocycles. The third kappa shape index (κ3) is 2.96. The number of nitrogens with zero attached hydrogens (tertiary/aromatic N) is 1. The van der Waals surface area contributed by atoms with E-state index in [1.807, 2.05) is 13.0 Å². The second-order valence-electron chi connectivity index (χ2n) is 6.85. The first-order valence-corrected chi connectivity index (χ1v) is 8.73. The van der Waals surface area contributed by atoms with E-state index >= 15 is 0 Å². The standard InChI is InChI=1S/C21H16F3NO3/c1-12-5-4-6-13(9-12)25-17-11-28-20(27)19(17)15(10-18(25)26)14-7-2-3-8-16(14)21(22,23)24/h2-9,15H,10-11H2,1H3. The number of ether oxygens (including phenoxy) is 1. The number of hydrogen-bond acceptors (Lipinski definition) is 3. The quantitative estimate of drug-likeness (QED) is 0.720. The summed E-state index contributed by atoms with van der Waals surface area (Å²) in [6.07, 6.45) is -4.83. The molecule has 2 aliphatic heterocycles. The van der Waals surface area contributed by atoms with Crippen LogP contribution >= 0.6 is 0 Å². The Hall–Kier alpha value is -3.09. The summed E-state index contributed by atoms with van der Waals surface area (Å²) in [5.41, 5.74) is 0.995. The van der Waals surface area contributed by atoms with E-state index in [9.17, 15) is 22.8 Å². The fraction of sp³-hybridized carbons (Fsp3) is 0.238. The van der Waals surface area contributed by atoms with E-state index in [-0.39, 0.29) is 30.1 Å². The first kappa shape index (κ1) is 18.3.